The Kier molecular flexibility index (Phi) is 7.51. The Morgan fingerprint density at radius 3 is 2.70 bits per heavy atom. The largest absolute Gasteiger partial charge is 0.444 e. The van der Waals surface area contributed by atoms with Gasteiger partial charge in [0, 0.05) is 30.9 Å². The van der Waals surface area contributed by atoms with Crippen molar-refractivity contribution in [2.24, 2.45) is 5.92 Å². The van der Waals surface area contributed by atoms with Gasteiger partial charge in [0.25, 0.3) is 0 Å². The van der Waals surface area contributed by atoms with E-state index in [0.717, 1.165) is 5.56 Å². The van der Waals surface area contributed by atoms with E-state index in [-0.39, 0.29) is 18.6 Å². The number of hydrogen-bond donors (Lipinski definition) is 3. The monoisotopic (exact) mass is 326 g/mol. The molecular weight excluding hydrogens is 296 g/mol. The normalized spacial score (nSPS) is 13.2. The number of aliphatic hydroxyl groups is 1. The van der Waals surface area contributed by atoms with Crippen molar-refractivity contribution in [1.29, 1.82) is 0 Å². The number of ether oxygens (including phenoxy) is 1. The van der Waals surface area contributed by atoms with Gasteiger partial charge >= 0.3 is 6.09 Å². The SMILES string of the molecule is CC(C)C(CNCc1cnn(CCO)c1)NC(=O)OC(C)(C)C. The summed E-state index contributed by atoms with van der Waals surface area (Å²) in [5.41, 5.74) is 0.540. The lowest BCUT2D eigenvalue weighted by Crippen LogP contribution is -2.46. The molecule has 0 saturated carbocycles. The van der Waals surface area contributed by atoms with Gasteiger partial charge in [-0.05, 0) is 26.7 Å². The first-order valence-electron chi connectivity index (χ1n) is 8.03. The van der Waals surface area contributed by atoms with E-state index in [2.05, 4.69) is 29.6 Å². The highest BCUT2D eigenvalue weighted by atomic mass is 16.6. The van der Waals surface area contributed by atoms with E-state index in [4.69, 9.17) is 9.84 Å². The van der Waals surface area contributed by atoms with Crippen LogP contribution in [0.3, 0.4) is 0 Å². The number of hydrogen-bond acceptors (Lipinski definition) is 5. The number of carbonyl (C=O) groups excluding carboxylic acids is 1. The highest BCUT2D eigenvalue weighted by Crippen LogP contribution is 2.08. The van der Waals surface area contributed by atoms with E-state index in [1.54, 1.807) is 10.9 Å². The number of carbonyl (C=O) groups is 1. The summed E-state index contributed by atoms with van der Waals surface area (Å²) in [6, 6.07) is -0.0164. The summed E-state index contributed by atoms with van der Waals surface area (Å²) in [4.78, 5) is 11.9. The molecule has 7 nitrogen and oxygen atoms in total. The average Bonchev–Trinajstić information content (AvgIpc) is 2.83. The maximum Gasteiger partial charge on any atom is 0.407 e. The van der Waals surface area contributed by atoms with Crippen molar-refractivity contribution in [3.05, 3.63) is 18.0 Å². The van der Waals surface area contributed by atoms with Crippen LogP contribution in [0.15, 0.2) is 12.4 Å². The van der Waals surface area contributed by atoms with E-state index < -0.39 is 11.7 Å². The van der Waals surface area contributed by atoms with Crippen LogP contribution < -0.4 is 10.6 Å². The van der Waals surface area contributed by atoms with Crippen molar-refractivity contribution < 1.29 is 14.6 Å². The summed E-state index contributed by atoms with van der Waals surface area (Å²) in [5, 5.41) is 19.3. The molecule has 0 spiro atoms. The molecule has 0 fully saturated rings. The van der Waals surface area contributed by atoms with E-state index in [9.17, 15) is 4.79 Å². The third-order valence-corrected chi connectivity index (χ3v) is 3.22. The van der Waals surface area contributed by atoms with Crippen LogP contribution in [0.4, 0.5) is 4.79 Å². The fourth-order valence-electron chi connectivity index (χ4n) is 2.01. The molecule has 7 heteroatoms. The molecule has 1 heterocycles. The molecule has 0 aromatic carbocycles. The molecule has 1 aromatic rings. The average molecular weight is 326 g/mol. The van der Waals surface area contributed by atoms with Gasteiger partial charge in [0.1, 0.15) is 5.60 Å². The molecule has 0 saturated heterocycles. The van der Waals surface area contributed by atoms with Crippen LogP contribution >= 0.6 is 0 Å². The van der Waals surface area contributed by atoms with E-state index in [1.165, 1.54) is 0 Å². The third-order valence-electron chi connectivity index (χ3n) is 3.22. The zero-order valence-electron chi connectivity index (χ0n) is 14.8. The number of nitrogens with zero attached hydrogens (tertiary/aromatic N) is 2. The van der Waals surface area contributed by atoms with Crippen LogP contribution in [0.25, 0.3) is 0 Å². The van der Waals surface area contributed by atoms with Crippen molar-refractivity contribution >= 4 is 6.09 Å². The first-order chi connectivity index (χ1) is 10.7. The Labute approximate surface area is 138 Å². The number of aliphatic hydroxyl groups excluding tert-OH is 1. The van der Waals surface area contributed by atoms with Crippen molar-refractivity contribution in [3.63, 3.8) is 0 Å². The van der Waals surface area contributed by atoms with Gasteiger partial charge in [0.05, 0.1) is 19.3 Å². The number of amides is 1. The molecule has 132 valence electrons. The molecule has 0 radical (unpaired) electrons. The Hall–Kier alpha value is -1.60. The smallest absolute Gasteiger partial charge is 0.407 e. The standard InChI is InChI=1S/C16H30N4O3/c1-12(2)14(19-15(22)23-16(3,4)5)10-17-8-13-9-18-20(11-13)6-7-21/h9,11-12,14,17,21H,6-8,10H2,1-5H3,(H,19,22). The predicted octanol–water partition coefficient (Wildman–Crippen LogP) is 1.51. The molecule has 1 amide bonds. The highest BCUT2D eigenvalue weighted by Gasteiger charge is 2.21. The van der Waals surface area contributed by atoms with Gasteiger partial charge in [-0.25, -0.2) is 4.79 Å². The fourth-order valence-corrected chi connectivity index (χ4v) is 2.01. The van der Waals surface area contributed by atoms with Crippen LogP contribution in [0.1, 0.15) is 40.2 Å². The zero-order chi connectivity index (χ0) is 17.5. The lowest BCUT2D eigenvalue weighted by molar-refractivity contribution is 0.0490. The topological polar surface area (TPSA) is 88.4 Å². The minimum atomic E-state index is -0.500. The van der Waals surface area contributed by atoms with Crippen LogP contribution in [0.5, 0.6) is 0 Å². The predicted molar refractivity (Wildman–Crippen MR) is 89.0 cm³/mol. The van der Waals surface area contributed by atoms with E-state index >= 15 is 0 Å². The molecule has 0 aliphatic rings. The van der Waals surface area contributed by atoms with Gasteiger partial charge in [-0.3, -0.25) is 4.68 Å². The minimum absolute atomic E-state index is 0.0164. The summed E-state index contributed by atoms with van der Waals surface area (Å²) < 4.78 is 7.00. The van der Waals surface area contributed by atoms with Gasteiger partial charge in [-0.15, -0.1) is 0 Å². The second kappa shape index (κ2) is 8.88. The lowest BCUT2D eigenvalue weighted by Gasteiger charge is -2.26. The van der Waals surface area contributed by atoms with Crippen molar-refractivity contribution in [3.8, 4) is 0 Å². The fraction of sp³-hybridized carbons (Fsp3) is 0.750. The molecule has 23 heavy (non-hydrogen) atoms. The maximum absolute atomic E-state index is 11.9. The van der Waals surface area contributed by atoms with Gasteiger partial charge in [0.15, 0.2) is 0 Å². The Balaban J connectivity index is 2.42. The third kappa shape index (κ3) is 7.99. The minimum Gasteiger partial charge on any atom is -0.444 e. The van der Waals surface area contributed by atoms with Crippen molar-refractivity contribution in [1.82, 2.24) is 20.4 Å². The molecule has 1 rings (SSSR count). The molecule has 3 N–H and O–H groups in total. The molecule has 1 aromatic heterocycles. The molecule has 1 atom stereocenters. The quantitative estimate of drug-likeness (QED) is 0.674. The van der Waals surface area contributed by atoms with Crippen LogP contribution in [0.2, 0.25) is 0 Å². The number of alkyl carbamates (subject to hydrolysis) is 1. The zero-order valence-corrected chi connectivity index (χ0v) is 14.8. The second-order valence-electron chi connectivity index (χ2n) is 6.96. The number of nitrogens with one attached hydrogen (secondary N) is 2. The summed E-state index contributed by atoms with van der Waals surface area (Å²) in [7, 11) is 0. The van der Waals surface area contributed by atoms with Gasteiger partial charge in [-0.1, -0.05) is 13.8 Å². The van der Waals surface area contributed by atoms with Gasteiger partial charge < -0.3 is 20.5 Å². The molecular formula is C16H30N4O3. The van der Waals surface area contributed by atoms with Gasteiger partial charge in [-0.2, -0.15) is 5.10 Å². The number of rotatable bonds is 8. The molecule has 0 bridgehead atoms. The first-order valence-corrected chi connectivity index (χ1v) is 8.03. The maximum atomic E-state index is 11.9. The lowest BCUT2D eigenvalue weighted by atomic mass is 10.0. The van der Waals surface area contributed by atoms with Crippen LogP contribution in [-0.4, -0.2) is 45.8 Å². The van der Waals surface area contributed by atoms with Crippen LogP contribution in [0, 0.1) is 5.92 Å². The van der Waals surface area contributed by atoms with E-state index in [1.807, 2.05) is 27.0 Å². The van der Waals surface area contributed by atoms with Gasteiger partial charge in [0.2, 0.25) is 0 Å². The van der Waals surface area contributed by atoms with Crippen LogP contribution in [-0.2, 0) is 17.8 Å². The summed E-state index contributed by atoms with van der Waals surface area (Å²) >= 11 is 0. The molecule has 0 aliphatic heterocycles. The number of aromatic nitrogens is 2. The summed E-state index contributed by atoms with van der Waals surface area (Å²) in [5.74, 6) is 0.284. The van der Waals surface area contributed by atoms with Crippen molar-refractivity contribution in [2.45, 2.75) is 59.4 Å². The molecule has 0 aliphatic carbocycles. The Morgan fingerprint density at radius 1 is 1.43 bits per heavy atom. The van der Waals surface area contributed by atoms with E-state index in [0.29, 0.717) is 19.6 Å². The summed E-state index contributed by atoms with van der Waals surface area (Å²) in [6.07, 6.45) is 3.28. The highest BCUT2D eigenvalue weighted by molar-refractivity contribution is 5.68. The Morgan fingerprint density at radius 2 is 2.13 bits per heavy atom. The first kappa shape index (κ1) is 19.4. The summed E-state index contributed by atoms with van der Waals surface area (Å²) in [6.45, 7) is 11.5. The Bertz CT molecular complexity index is 480. The molecule has 1 unspecified atom stereocenters. The second-order valence-corrected chi connectivity index (χ2v) is 6.96. The van der Waals surface area contributed by atoms with Crippen molar-refractivity contribution in [2.75, 3.05) is 13.2 Å².